The number of fused-ring (bicyclic) bond motifs is 1. The quantitative estimate of drug-likeness (QED) is 0.854. The number of halogens is 1. The number of aryl methyl sites for hydroxylation is 1. The normalized spacial score (nSPS) is 15.2. The average Bonchev–Trinajstić information content (AvgIpc) is 2.77. The second-order valence-corrected chi connectivity index (χ2v) is 6.92. The number of carbonyl (C=O) groups is 1. The third-order valence-corrected chi connectivity index (χ3v) is 4.42. The minimum Gasteiger partial charge on any atom is -0.476 e. The highest BCUT2D eigenvalue weighted by Crippen LogP contribution is 2.41. The van der Waals surface area contributed by atoms with Gasteiger partial charge in [-0.15, -0.1) is 0 Å². The summed E-state index contributed by atoms with van der Waals surface area (Å²) in [6, 6.07) is 6.82. The fourth-order valence-electron chi connectivity index (χ4n) is 2.97. The molecule has 2 aromatic rings. The molecular weight excluding hydrogens is 330 g/mol. The highest BCUT2D eigenvalue weighted by molar-refractivity contribution is 6.31. The second-order valence-electron chi connectivity index (χ2n) is 6.48. The number of nitrogens with zero attached hydrogens (tertiary/aromatic N) is 1. The van der Waals surface area contributed by atoms with Crippen molar-refractivity contribution in [3.05, 3.63) is 57.1 Å². The Bertz CT molecular complexity index is 856. The predicted molar refractivity (Wildman–Crippen MR) is 92.0 cm³/mol. The van der Waals surface area contributed by atoms with Crippen LogP contribution in [0.25, 0.3) is 0 Å². The maximum absolute atomic E-state index is 12.6. The number of hydrogen-bond donors (Lipinski definition) is 0. The number of carbonyl (C=O) groups excluding carboxylic acids is 1. The molecule has 0 aliphatic carbocycles. The van der Waals surface area contributed by atoms with Gasteiger partial charge < -0.3 is 14.1 Å². The van der Waals surface area contributed by atoms with Crippen LogP contribution in [-0.4, -0.2) is 19.1 Å². The maximum Gasteiger partial charge on any atom is 0.264 e. The van der Waals surface area contributed by atoms with Crippen molar-refractivity contribution in [2.45, 2.75) is 26.2 Å². The van der Waals surface area contributed by atoms with E-state index < -0.39 is 0 Å². The van der Waals surface area contributed by atoms with Crippen molar-refractivity contribution >= 4 is 23.2 Å². The molecule has 0 N–H and O–H groups in total. The van der Waals surface area contributed by atoms with Crippen molar-refractivity contribution in [1.29, 1.82) is 0 Å². The van der Waals surface area contributed by atoms with Crippen LogP contribution in [0, 0.1) is 6.92 Å². The summed E-state index contributed by atoms with van der Waals surface area (Å²) in [5, 5.41) is 0.574. The fourth-order valence-corrected chi connectivity index (χ4v) is 3.14. The van der Waals surface area contributed by atoms with Crippen LogP contribution in [0.1, 0.15) is 25.2 Å². The fraction of sp³-hybridized carbons (Fsp3) is 0.333. The highest BCUT2D eigenvalue weighted by atomic mass is 35.5. The Morgan fingerprint density at radius 1 is 1.38 bits per heavy atom. The zero-order valence-electron chi connectivity index (χ0n) is 13.8. The van der Waals surface area contributed by atoms with Crippen LogP contribution < -0.4 is 15.1 Å². The van der Waals surface area contributed by atoms with Gasteiger partial charge in [-0.1, -0.05) is 31.5 Å². The molecule has 0 spiro atoms. The lowest BCUT2D eigenvalue weighted by Gasteiger charge is -2.21. The molecule has 1 aliphatic heterocycles. The molecule has 0 saturated carbocycles. The summed E-state index contributed by atoms with van der Waals surface area (Å²) >= 11 is 6.08. The highest BCUT2D eigenvalue weighted by Gasteiger charge is 2.38. The van der Waals surface area contributed by atoms with Gasteiger partial charge in [-0.25, -0.2) is 0 Å². The molecule has 0 radical (unpaired) electrons. The monoisotopic (exact) mass is 347 g/mol. The molecule has 1 aliphatic rings. The first kappa shape index (κ1) is 16.6. The second kappa shape index (κ2) is 5.98. The number of amides is 1. The number of rotatable bonds is 3. The molecular formula is C18H18ClNO4. The Morgan fingerprint density at radius 3 is 2.83 bits per heavy atom. The summed E-state index contributed by atoms with van der Waals surface area (Å²) < 4.78 is 10.6. The van der Waals surface area contributed by atoms with Gasteiger partial charge in [0.15, 0.2) is 6.61 Å². The van der Waals surface area contributed by atoms with E-state index in [4.69, 9.17) is 20.8 Å². The Balaban J connectivity index is 1.82. The van der Waals surface area contributed by atoms with Crippen molar-refractivity contribution in [2.75, 3.05) is 18.1 Å². The Labute approximate surface area is 144 Å². The molecule has 3 rings (SSSR count). The number of anilines is 1. The van der Waals surface area contributed by atoms with Crippen LogP contribution in [0.3, 0.4) is 0 Å². The molecule has 6 heteroatoms. The van der Waals surface area contributed by atoms with Gasteiger partial charge in [0.25, 0.3) is 5.91 Å². The number of benzene rings is 1. The van der Waals surface area contributed by atoms with Crippen LogP contribution in [0.2, 0.25) is 5.02 Å². The smallest absolute Gasteiger partial charge is 0.264 e. The van der Waals surface area contributed by atoms with E-state index in [0.29, 0.717) is 17.3 Å². The predicted octanol–water partition coefficient (Wildman–Crippen LogP) is 3.30. The molecule has 126 valence electrons. The van der Waals surface area contributed by atoms with E-state index in [1.807, 2.05) is 12.1 Å². The van der Waals surface area contributed by atoms with Crippen molar-refractivity contribution in [2.24, 2.45) is 0 Å². The van der Waals surface area contributed by atoms with Gasteiger partial charge in [-0.2, -0.15) is 0 Å². The molecule has 1 aromatic carbocycles. The van der Waals surface area contributed by atoms with Gasteiger partial charge in [0, 0.05) is 28.7 Å². The van der Waals surface area contributed by atoms with Gasteiger partial charge in [0.05, 0.1) is 6.26 Å². The SMILES string of the molecule is Cc1occc(=O)c1OCC(=O)N1CC(C)(C)c2ccc(Cl)cc21. The minimum atomic E-state index is -0.309. The Kier molecular flexibility index (Phi) is 4.13. The van der Waals surface area contributed by atoms with E-state index in [0.717, 1.165) is 11.3 Å². The lowest BCUT2D eigenvalue weighted by Crippen LogP contribution is -2.37. The largest absolute Gasteiger partial charge is 0.476 e. The van der Waals surface area contributed by atoms with Gasteiger partial charge in [-0.05, 0) is 24.6 Å². The molecule has 2 heterocycles. The van der Waals surface area contributed by atoms with E-state index in [9.17, 15) is 9.59 Å². The number of ether oxygens (including phenoxy) is 1. The van der Waals surface area contributed by atoms with Crippen LogP contribution in [0.5, 0.6) is 5.75 Å². The first-order valence-electron chi connectivity index (χ1n) is 7.61. The van der Waals surface area contributed by atoms with Crippen molar-refractivity contribution in [1.82, 2.24) is 0 Å². The van der Waals surface area contributed by atoms with Crippen LogP contribution in [-0.2, 0) is 10.2 Å². The molecule has 1 amide bonds. The molecule has 5 nitrogen and oxygen atoms in total. The summed E-state index contributed by atoms with van der Waals surface area (Å²) in [6.07, 6.45) is 1.30. The lowest BCUT2D eigenvalue weighted by molar-refractivity contribution is -0.120. The first-order valence-corrected chi connectivity index (χ1v) is 7.99. The maximum atomic E-state index is 12.6. The molecule has 0 bridgehead atoms. The summed E-state index contributed by atoms with van der Waals surface area (Å²) in [6.45, 7) is 6.06. The third kappa shape index (κ3) is 2.91. The van der Waals surface area contributed by atoms with E-state index in [2.05, 4.69) is 13.8 Å². The van der Waals surface area contributed by atoms with Crippen molar-refractivity contribution in [3.63, 3.8) is 0 Å². The van der Waals surface area contributed by atoms with E-state index in [1.165, 1.54) is 12.3 Å². The topological polar surface area (TPSA) is 59.8 Å². The van der Waals surface area contributed by atoms with Gasteiger partial charge in [-0.3, -0.25) is 9.59 Å². The third-order valence-electron chi connectivity index (χ3n) is 4.18. The molecule has 0 fully saturated rings. The van der Waals surface area contributed by atoms with Crippen LogP contribution in [0.4, 0.5) is 5.69 Å². The van der Waals surface area contributed by atoms with Crippen molar-refractivity contribution < 1.29 is 13.9 Å². The molecule has 24 heavy (non-hydrogen) atoms. The Hall–Kier alpha value is -2.27. The minimum absolute atomic E-state index is 0.0654. The van der Waals surface area contributed by atoms with Crippen LogP contribution in [0.15, 0.2) is 39.7 Å². The first-order chi connectivity index (χ1) is 11.3. The van der Waals surface area contributed by atoms with Gasteiger partial charge >= 0.3 is 0 Å². The summed E-state index contributed by atoms with van der Waals surface area (Å²) in [5.74, 6) is 0.183. The molecule has 1 aromatic heterocycles. The average molecular weight is 348 g/mol. The van der Waals surface area contributed by atoms with Crippen LogP contribution >= 0.6 is 11.6 Å². The van der Waals surface area contributed by atoms with Gasteiger partial charge in [0.2, 0.25) is 11.2 Å². The lowest BCUT2D eigenvalue weighted by atomic mass is 9.87. The zero-order valence-corrected chi connectivity index (χ0v) is 14.5. The van der Waals surface area contributed by atoms with E-state index in [-0.39, 0.29) is 29.1 Å². The van der Waals surface area contributed by atoms with E-state index in [1.54, 1.807) is 17.9 Å². The molecule has 0 unspecified atom stereocenters. The summed E-state index contributed by atoms with van der Waals surface area (Å²) in [4.78, 5) is 26.1. The zero-order chi connectivity index (χ0) is 17.5. The Morgan fingerprint density at radius 2 is 2.12 bits per heavy atom. The molecule has 0 saturated heterocycles. The van der Waals surface area contributed by atoms with Gasteiger partial charge in [0.1, 0.15) is 5.76 Å². The summed E-state index contributed by atoms with van der Waals surface area (Å²) in [7, 11) is 0. The standard InChI is InChI=1S/C18H18ClNO4/c1-11-17(15(21)6-7-23-11)24-9-16(22)20-10-18(2,3)13-5-4-12(19)8-14(13)20/h4-8H,9-10H2,1-3H3. The molecule has 0 atom stereocenters. The number of hydrogen-bond acceptors (Lipinski definition) is 4. The van der Waals surface area contributed by atoms with E-state index >= 15 is 0 Å². The van der Waals surface area contributed by atoms with Crippen molar-refractivity contribution in [3.8, 4) is 5.75 Å². The summed E-state index contributed by atoms with van der Waals surface area (Å²) in [5.41, 5.74) is 1.38.